The molecule has 1 aromatic heterocycles. The quantitative estimate of drug-likeness (QED) is 0.448. The predicted octanol–water partition coefficient (Wildman–Crippen LogP) is 4.90. The molecule has 27 heavy (non-hydrogen) atoms. The summed E-state index contributed by atoms with van der Waals surface area (Å²) in [6.45, 7) is -0.311. The van der Waals surface area contributed by atoms with Crippen LogP contribution in [0.1, 0.15) is 11.5 Å². The lowest BCUT2D eigenvalue weighted by atomic mass is 10.1. The predicted molar refractivity (Wildman–Crippen MR) is 87.2 cm³/mol. The molecular formula is C16H9ClF3N3O4. The van der Waals surface area contributed by atoms with Crippen LogP contribution in [0.4, 0.5) is 18.9 Å². The summed E-state index contributed by atoms with van der Waals surface area (Å²) in [7, 11) is 0. The second kappa shape index (κ2) is 7.23. The zero-order chi connectivity index (χ0) is 19.6. The SMILES string of the molecule is O=[N+]([O-])c1cc(Cl)ccc1OCc1nc(-c2cccc(C(F)(F)F)c2)no1. The molecule has 0 unspecified atom stereocenters. The van der Waals surface area contributed by atoms with Crippen LogP contribution < -0.4 is 4.74 Å². The molecule has 0 saturated heterocycles. The monoisotopic (exact) mass is 399 g/mol. The van der Waals surface area contributed by atoms with Crippen LogP contribution in [0.2, 0.25) is 5.02 Å². The van der Waals surface area contributed by atoms with Crippen LogP contribution in [0.25, 0.3) is 11.4 Å². The van der Waals surface area contributed by atoms with Crippen molar-refractivity contribution in [3.05, 3.63) is 69.1 Å². The molecule has 0 fully saturated rings. The van der Waals surface area contributed by atoms with Crippen molar-refractivity contribution in [2.24, 2.45) is 0 Å². The van der Waals surface area contributed by atoms with Gasteiger partial charge in [0.1, 0.15) is 0 Å². The van der Waals surface area contributed by atoms with E-state index in [-0.39, 0.29) is 40.3 Å². The van der Waals surface area contributed by atoms with E-state index in [1.54, 1.807) is 0 Å². The number of rotatable bonds is 5. The molecule has 0 atom stereocenters. The zero-order valence-electron chi connectivity index (χ0n) is 13.2. The van der Waals surface area contributed by atoms with Crippen LogP contribution in [0, 0.1) is 10.1 Å². The Morgan fingerprint density at radius 2 is 2.00 bits per heavy atom. The molecule has 2 aromatic carbocycles. The van der Waals surface area contributed by atoms with E-state index in [9.17, 15) is 23.3 Å². The lowest BCUT2D eigenvalue weighted by Crippen LogP contribution is -2.04. The molecule has 0 aliphatic heterocycles. The number of nitro groups is 1. The van der Waals surface area contributed by atoms with E-state index in [0.29, 0.717) is 0 Å². The van der Waals surface area contributed by atoms with E-state index in [2.05, 4.69) is 10.1 Å². The van der Waals surface area contributed by atoms with Crippen molar-refractivity contribution in [1.82, 2.24) is 10.1 Å². The molecule has 11 heteroatoms. The Morgan fingerprint density at radius 3 is 2.70 bits per heavy atom. The number of ether oxygens (including phenoxy) is 1. The average molecular weight is 400 g/mol. The second-order valence-corrected chi connectivity index (χ2v) is 5.68. The standard InChI is InChI=1S/C16H9ClF3N3O4/c17-11-4-5-13(12(7-11)23(24)25)26-8-14-21-15(22-27-14)9-2-1-3-10(6-9)16(18,19)20/h1-7H,8H2. The number of alkyl halides is 3. The third kappa shape index (κ3) is 4.34. The maximum atomic E-state index is 12.8. The number of halogens is 4. The number of benzene rings is 2. The molecule has 0 N–H and O–H groups in total. The fourth-order valence-electron chi connectivity index (χ4n) is 2.16. The lowest BCUT2D eigenvalue weighted by Gasteiger charge is -2.06. The number of nitrogens with zero attached hydrogens (tertiary/aromatic N) is 3. The van der Waals surface area contributed by atoms with Crippen LogP contribution >= 0.6 is 11.6 Å². The van der Waals surface area contributed by atoms with Crippen molar-refractivity contribution in [2.75, 3.05) is 0 Å². The summed E-state index contributed by atoms with van der Waals surface area (Å²) in [4.78, 5) is 14.3. The minimum absolute atomic E-state index is 0.0633. The van der Waals surface area contributed by atoms with Gasteiger partial charge >= 0.3 is 11.9 Å². The molecule has 1 heterocycles. The summed E-state index contributed by atoms with van der Waals surface area (Å²) in [6.07, 6.45) is -4.50. The first kappa shape index (κ1) is 18.6. The molecule has 0 aliphatic carbocycles. The number of hydrogen-bond acceptors (Lipinski definition) is 6. The minimum Gasteiger partial charge on any atom is -0.477 e. The van der Waals surface area contributed by atoms with Gasteiger partial charge in [-0.15, -0.1) is 0 Å². The summed E-state index contributed by atoms with van der Waals surface area (Å²) in [5, 5.41) is 14.8. The van der Waals surface area contributed by atoms with Gasteiger partial charge in [-0.1, -0.05) is 28.9 Å². The van der Waals surface area contributed by atoms with Crippen LogP contribution in [0.5, 0.6) is 5.75 Å². The molecule has 0 bridgehead atoms. The van der Waals surface area contributed by atoms with E-state index in [0.717, 1.165) is 18.2 Å². The van der Waals surface area contributed by atoms with Crippen LogP contribution in [-0.2, 0) is 12.8 Å². The van der Waals surface area contributed by atoms with Crippen molar-refractivity contribution >= 4 is 17.3 Å². The highest BCUT2D eigenvalue weighted by molar-refractivity contribution is 6.30. The van der Waals surface area contributed by atoms with Crippen molar-refractivity contribution in [3.8, 4) is 17.1 Å². The smallest absolute Gasteiger partial charge is 0.416 e. The molecule has 0 radical (unpaired) electrons. The van der Waals surface area contributed by atoms with Gasteiger partial charge in [0.15, 0.2) is 12.4 Å². The molecule has 0 amide bonds. The Bertz CT molecular complexity index is 991. The van der Waals surface area contributed by atoms with Gasteiger partial charge in [0.25, 0.3) is 5.89 Å². The van der Waals surface area contributed by atoms with E-state index < -0.39 is 16.7 Å². The average Bonchev–Trinajstić information content (AvgIpc) is 3.09. The van der Waals surface area contributed by atoms with Gasteiger partial charge < -0.3 is 9.26 Å². The van der Waals surface area contributed by atoms with Gasteiger partial charge in [-0.25, -0.2) is 0 Å². The first-order valence-corrected chi connectivity index (χ1v) is 7.69. The Morgan fingerprint density at radius 1 is 1.22 bits per heavy atom. The lowest BCUT2D eigenvalue weighted by molar-refractivity contribution is -0.385. The first-order valence-electron chi connectivity index (χ1n) is 7.31. The van der Waals surface area contributed by atoms with Crippen LogP contribution in [-0.4, -0.2) is 15.1 Å². The van der Waals surface area contributed by atoms with Gasteiger partial charge in [0, 0.05) is 16.7 Å². The van der Waals surface area contributed by atoms with Gasteiger partial charge in [0.05, 0.1) is 10.5 Å². The maximum Gasteiger partial charge on any atom is 0.416 e. The molecule has 3 aromatic rings. The Labute approximate surface area is 154 Å². The summed E-state index contributed by atoms with van der Waals surface area (Å²) in [5.41, 5.74) is -1.09. The third-order valence-electron chi connectivity index (χ3n) is 3.39. The summed E-state index contributed by atoms with van der Waals surface area (Å²) >= 11 is 5.71. The van der Waals surface area contributed by atoms with Crippen molar-refractivity contribution in [3.63, 3.8) is 0 Å². The zero-order valence-corrected chi connectivity index (χ0v) is 14.0. The highest BCUT2D eigenvalue weighted by Crippen LogP contribution is 2.32. The van der Waals surface area contributed by atoms with E-state index in [1.165, 1.54) is 24.3 Å². The highest BCUT2D eigenvalue weighted by Gasteiger charge is 2.30. The highest BCUT2D eigenvalue weighted by atomic mass is 35.5. The second-order valence-electron chi connectivity index (χ2n) is 5.25. The first-order chi connectivity index (χ1) is 12.7. The number of aromatic nitrogens is 2. The van der Waals surface area contributed by atoms with Gasteiger partial charge in [-0.2, -0.15) is 18.2 Å². The van der Waals surface area contributed by atoms with E-state index in [1.807, 2.05) is 0 Å². The van der Waals surface area contributed by atoms with Crippen molar-refractivity contribution in [1.29, 1.82) is 0 Å². The summed E-state index contributed by atoms with van der Waals surface area (Å²) in [6, 6.07) is 8.28. The van der Waals surface area contributed by atoms with Crippen LogP contribution in [0.3, 0.4) is 0 Å². The molecule has 3 rings (SSSR count). The number of nitro benzene ring substituents is 1. The Hall–Kier alpha value is -3.14. The molecule has 140 valence electrons. The summed E-state index contributed by atoms with van der Waals surface area (Å²) < 4.78 is 48.6. The molecular weight excluding hydrogens is 391 g/mol. The van der Waals surface area contributed by atoms with Gasteiger partial charge in [-0.3, -0.25) is 10.1 Å². The maximum absolute atomic E-state index is 12.8. The fourth-order valence-corrected chi connectivity index (χ4v) is 2.33. The largest absolute Gasteiger partial charge is 0.477 e. The Balaban J connectivity index is 1.77. The Kier molecular flexibility index (Phi) is 5.00. The molecule has 0 saturated carbocycles. The topological polar surface area (TPSA) is 91.3 Å². The third-order valence-corrected chi connectivity index (χ3v) is 3.62. The van der Waals surface area contributed by atoms with Crippen molar-refractivity contribution in [2.45, 2.75) is 12.8 Å². The molecule has 0 spiro atoms. The molecule has 0 aliphatic rings. The van der Waals surface area contributed by atoms with Gasteiger partial charge in [0.2, 0.25) is 5.82 Å². The van der Waals surface area contributed by atoms with Gasteiger partial charge in [-0.05, 0) is 24.3 Å². The van der Waals surface area contributed by atoms with E-state index >= 15 is 0 Å². The number of hydrogen-bond donors (Lipinski definition) is 0. The minimum atomic E-state index is -4.50. The summed E-state index contributed by atoms with van der Waals surface area (Å²) in [5.74, 6) is -0.194. The normalized spacial score (nSPS) is 11.4. The van der Waals surface area contributed by atoms with Crippen LogP contribution in [0.15, 0.2) is 47.0 Å². The fraction of sp³-hybridized carbons (Fsp3) is 0.125. The van der Waals surface area contributed by atoms with Crippen molar-refractivity contribution < 1.29 is 27.4 Å². The van der Waals surface area contributed by atoms with E-state index in [4.69, 9.17) is 20.9 Å². The molecule has 7 nitrogen and oxygen atoms in total.